The number of halogens is 1. The minimum atomic E-state index is -0.408. The summed E-state index contributed by atoms with van der Waals surface area (Å²) in [4.78, 5) is 17.2. The first-order chi connectivity index (χ1) is 12.7. The molecule has 0 aromatic carbocycles. The molecular formula is C19H24FN5O. The van der Waals surface area contributed by atoms with E-state index in [1.807, 2.05) is 12.3 Å². The van der Waals surface area contributed by atoms with Crippen molar-refractivity contribution in [2.24, 2.45) is 5.41 Å². The Morgan fingerprint density at radius 1 is 1.15 bits per heavy atom. The Bertz CT molecular complexity index is 714. The van der Waals surface area contributed by atoms with E-state index in [0.29, 0.717) is 12.6 Å². The van der Waals surface area contributed by atoms with Crippen LogP contribution in [0.5, 0.6) is 0 Å². The molecule has 4 heterocycles. The largest absolute Gasteiger partial charge is 0.379 e. The van der Waals surface area contributed by atoms with Crippen LogP contribution in [0.15, 0.2) is 36.9 Å². The van der Waals surface area contributed by atoms with E-state index in [1.54, 1.807) is 6.20 Å². The maximum absolute atomic E-state index is 13.2. The van der Waals surface area contributed by atoms with Crippen molar-refractivity contribution in [3.8, 4) is 0 Å². The molecule has 4 rings (SSSR count). The van der Waals surface area contributed by atoms with Crippen LogP contribution in [0.1, 0.15) is 18.4 Å². The van der Waals surface area contributed by atoms with Crippen molar-refractivity contribution in [2.75, 3.05) is 44.3 Å². The molecule has 2 fully saturated rings. The zero-order chi connectivity index (χ0) is 17.8. The van der Waals surface area contributed by atoms with E-state index in [4.69, 9.17) is 4.74 Å². The number of ether oxygens (including phenoxy) is 1. The third kappa shape index (κ3) is 3.99. The van der Waals surface area contributed by atoms with Gasteiger partial charge in [0.05, 0.1) is 25.6 Å². The molecule has 0 radical (unpaired) electrons. The molecule has 2 saturated heterocycles. The topological polar surface area (TPSA) is 54.4 Å². The molecule has 1 atom stereocenters. The van der Waals surface area contributed by atoms with Gasteiger partial charge < -0.3 is 9.64 Å². The number of anilines is 1. The van der Waals surface area contributed by atoms with Gasteiger partial charge in [-0.3, -0.25) is 9.88 Å². The van der Waals surface area contributed by atoms with Crippen molar-refractivity contribution in [1.29, 1.82) is 0 Å². The van der Waals surface area contributed by atoms with Crippen LogP contribution in [0.25, 0.3) is 0 Å². The number of rotatable bonds is 3. The fourth-order valence-electron chi connectivity index (χ4n) is 4.07. The van der Waals surface area contributed by atoms with Crippen molar-refractivity contribution in [3.63, 3.8) is 0 Å². The third-order valence-corrected chi connectivity index (χ3v) is 5.20. The quantitative estimate of drug-likeness (QED) is 0.839. The van der Waals surface area contributed by atoms with Crippen LogP contribution >= 0.6 is 0 Å². The number of hydrogen-bond acceptors (Lipinski definition) is 6. The van der Waals surface area contributed by atoms with Gasteiger partial charge in [-0.25, -0.2) is 14.4 Å². The highest BCUT2D eigenvalue weighted by Gasteiger charge is 2.39. The summed E-state index contributed by atoms with van der Waals surface area (Å²) >= 11 is 0. The second-order valence-electron chi connectivity index (χ2n) is 7.35. The maximum Gasteiger partial charge on any atom is 0.225 e. The lowest BCUT2D eigenvalue weighted by Gasteiger charge is -2.43. The maximum atomic E-state index is 13.2. The van der Waals surface area contributed by atoms with Gasteiger partial charge in [-0.1, -0.05) is 6.07 Å². The van der Waals surface area contributed by atoms with Crippen molar-refractivity contribution in [1.82, 2.24) is 19.9 Å². The third-order valence-electron chi connectivity index (χ3n) is 5.20. The Kier molecular flexibility index (Phi) is 5.08. The highest BCUT2D eigenvalue weighted by atomic mass is 19.1. The van der Waals surface area contributed by atoms with Crippen LogP contribution < -0.4 is 4.90 Å². The molecule has 7 heteroatoms. The zero-order valence-corrected chi connectivity index (χ0v) is 14.9. The number of likely N-dealkylation sites (tertiary alicyclic amines) is 1. The molecule has 2 aromatic rings. The molecule has 0 amide bonds. The van der Waals surface area contributed by atoms with Crippen molar-refractivity contribution >= 4 is 5.95 Å². The summed E-state index contributed by atoms with van der Waals surface area (Å²) in [5.74, 6) is 0.176. The SMILES string of the molecule is Fc1cnc(N2CCOC[C@@]3(CCCN(Cc4cccnc4)C3)C2)nc1. The van der Waals surface area contributed by atoms with E-state index >= 15 is 0 Å². The van der Waals surface area contributed by atoms with Crippen LogP contribution in [-0.4, -0.2) is 59.2 Å². The molecule has 0 unspecified atom stereocenters. The Labute approximate surface area is 153 Å². The highest BCUT2D eigenvalue weighted by Crippen LogP contribution is 2.34. The van der Waals surface area contributed by atoms with Crippen molar-refractivity contribution in [2.45, 2.75) is 19.4 Å². The van der Waals surface area contributed by atoms with E-state index < -0.39 is 5.82 Å². The first kappa shape index (κ1) is 17.3. The van der Waals surface area contributed by atoms with Crippen molar-refractivity contribution in [3.05, 3.63) is 48.3 Å². The van der Waals surface area contributed by atoms with Gasteiger partial charge in [-0.15, -0.1) is 0 Å². The van der Waals surface area contributed by atoms with Gasteiger partial charge in [-0.05, 0) is 31.0 Å². The lowest BCUT2D eigenvalue weighted by molar-refractivity contribution is 0.0106. The molecule has 26 heavy (non-hydrogen) atoms. The Balaban J connectivity index is 1.49. The van der Waals surface area contributed by atoms with Gasteiger partial charge in [-0.2, -0.15) is 0 Å². The van der Waals surface area contributed by atoms with Crippen LogP contribution in [0.2, 0.25) is 0 Å². The molecule has 0 saturated carbocycles. The van der Waals surface area contributed by atoms with E-state index in [0.717, 1.165) is 52.2 Å². The highest BCUT2D eigenvalue weighted by molar-refractivity contribution is 5.30. The molecule has 0 N–H and O–H groups in total. The lowest BCUT2D eigenvalue weighted by atomic mass is 9.80. The number of aromatic nitrogens is 3. The molecule has 0 bridgehead atoms. The zero-order valence-electron chi connectivity index (χ0n) is 14.9. The second kappa shape index (κ2) is 7.63. The standard InChI is InChI=1S/C19H24FN5O/c20-17-10-22-18(23-11-17)25-7-8-26-15-19(14-25)4-2-6-24(13-19)12-16-3-1-5-21-9-16/h1,3,5,9-11H,2,4,6-8,12-15H2/t19-/m1/s1. The van der Waals surface area contributed by atoms with E-state index in [2.05, 4.69) is 30.8 Å². The summed E-state index contributed by atoms with van der Waals surface area (Å²) in [7, 11) is 0. The van der Waals surface area contributed by atoms with Gasteiger partial charge in [0.15, 0.2) is 5.82 Å². The fraction of sp³-hybridized carbons (Fsp3) is 0.526. The van der Waals surface area contributed by atoms with Gasteiger partial charge in [0, 0.05) is 44.0 Å². The van der Waals surface area contributed by atoms with Crippen LogP contribution in [-0.2, 0) is 11.3 Å². The minimum absolute atomic E-state index is 0.0503. The van der Waals surface area contributed by atoms with E-state index in [-0.39, 0.29) is 5.41 Å². The molecule has 6 nitrogen and oxygen atoms in total. The van der Waals surface area contributed by atoms with Gasteiger partial charge in [0.25, 0.3) is 0 Å². The molecule has 138 valence electrons. The van der Waals surface area contributed by atoms with Crippen LogP contribution in [0, 0.1) is 11.2 Å². The van der Waals surface area contributed by atoms with Gasteiger partial charge >= 0.3 is 0 Å². The number of nitrogens with zero attached hydrogens (tertiary/aromatic N) is 5. The molecule has 2 aliphatic rings. The smallest absolute Gasteiger partial charge is 0.225 e. The van der Waals surface area contributed by atoms with E-state index in [1.165, 1.54) is 18.0 Å². The summed E-state index contributed by atoms with van der Waals surface area (Å²) in [5, 5.41) is 0. The van der Waals surface area contributed by atoms with Crippen LogP contribution in [0.4, 0.5) is 10.3 Å². The monoisotopic (exact) mass is 357 g/mol. The predicted octanol–water partition coefficient (Wildman–Crippen LogP) is 2.13. The van der Waals surface area contributed by atoms with Crippen LogP contribution in [0.3, 0.4) is 0 Å². The molecule has 1 spiro atoms. The molecule has 2 aromatic heterocycles. The Morgan fingerprint density at radius 3 is 2.85 bits per heavy atom. The average Bonchev–Trinajstić information content (AvgIpc) is 2.86. The molecule has 2 aliphatic heterocycles. The summed E-state index contributed by atoms with van der Waals surface area (Å²) < 4.78 is 19.1. The van der Waals surface area contributed by atoms with E-state index in [9.17, 15) is 4.39 Å². The number of pyridine rings is 1. The normalized spacial score (nSPS) is 24.6. The van der Waals surface area contributed by atoms with Gasteiger partial charge in [0.1, 0.15) is 0 Å². The minimum Gasteiger partial charge on any atom is -0.379 e. The molecular weight excluding hydrogens is 333 g/mol. The number of piperidine rings is 1. The summed E-state index contributed by atoms with van der Waals surface area (Å²) in [6, 6.07) is 4.11. The summed E-state index contributed by atoms with van der Waals surface area (Å²) in [6.07, 6.45) is 8.47. The first-order valence-electron chi connectivity index (χ1n) is 9.14. The average molecular weight is 357 g/mol. The van der Waals surface area contributed by atoms with Gasteiger partial charge in [0.2, 0.25) is 5.95 Å². The Morgan fingerprint density at radius 2 is 2.04 bits per heavy atom. The number of hydrogen-bond donors (Lipinski definition) is 0. The molecule has 0 aliphatic carbocycles. The lowest BCUT2D eigenvalue weighted by Crippen LogP contribution is -2.50. The second-order valence-corrected chi connectivity index (χ2v) is 7.35. The Hall–Kier alpha value is -2.12. The predicted molar refractivity (Wildman–Crippen MR) is 96.2 cm³/mol. The fourth-order valence-corrected chi connectivity index (χ4v) is 4.07. The van der Waals surface area contributed by atoms with Crippen molar-refractivity contribution < 1.29 is 9.13 Å². The summed E-state index contributed by atoms with van der Waals surface area (Å²) in [5.41, 5.74) is 1.28. The summed E-state index contributed by atoms with van der Waals surface area (Å²) in [6.45, 7) is 5.92. The first-order valence-corrected chi connectivity index (χ1v) is 9.14.